The van der Waals surface area contributed by atoms with Gasteiger partial charge in [0, 0.05) is 7.92 Å². The second-order valence-electron chi connectivity index (χ2n) is 4.29. The van der Waals surface area contributed by atoms with Crippen molar-refractivity contribution in [1.82, 2.24) is 15.0 Å². The maximum Gasteiger partial charge on any atom is 0.129 e. The first-order valence-electron chi connectivity index (χ1n) is 6.31. The second kappa shape index (κ2) is 6.89. The maximum absolute atomic E-state index is 6.03. The first kappa shape index (κ1) is 15.6. The van der Waals surface area contributed by atoms with Crippen LogP contribution in [0.15, 0.2) is 54.6 Å². The van der Waals surface area contributed by atoms with Gasteiger partial charge in [-0.15, -0.1) is 0 Å². The molecule has 0 aliphatic carbocycles. The van der Waals surface area contributed by atoms with E-state index in [1.54, 1.807) is 18.2 Å². The molecule has 0 aliphatic rings. The highest BCUT2D eigenvalue weighted by molar-refractivity contribution is 7.79. The molecule has 7 heteroatoms. The van der Waals surface area contributed by atoms with Crippen LogP contribution in [0.2, 0.25) is 15.5 Å². The van der Waals surface area contributed by atoms with Crippen molar-refractivity contribution in [2.45, 2.75) is 0 Å². The van der Waals surface area contributed by atoms with Crippen molar-refractivity contribution < 1.29 is 0 Å². The molecule has 0 aliphatic heterocycles. The summed E-state index contributed by atoms with van der Waals surface area (Å²) >= 11 is 18.1. The van der Waals surface area contributed by atoms with E-state index in [4.69, 9.17) is 34.8 Å². The van der Waals surface area contributed by atoms with Gasteiger partial charge in [-0.1, -0.05) is 53.0 Å². The molecule has 3 heterocycles. The Morgan fingerprint density at radius 1 is 0.545 bits per heavy atom. The fourth-order valence-electron chi connectivity index (χ4n) is 1.92. The molecule has 0 unspecified atom stereocenters. The molecule has 0 saturated heterocycles. The number of nitrogens with zero attached hydrogens (tertiary/aromatic N) is 3. The molecule has 0 spiro atoms. The Labute approximate surface area is 144 Å². The zero-order valence-corrected chi connectivity index (χ0v) is 14.3. The lowest BCUT2D eigenvalue weighted by Crippen LogP contribution is -2.26. The third kappa shape index (κ3) is 3.56. The van der Waals surface area contributed by atoms with Crippen LogP contribution in [-0.4, -0.2) is 15.0 Å². The SMILES string of the molecule is Clc1cccc(P(c2cccc(Cl)n2)c2cccc(Cl)n2)n1. The Bertz CT molecular complexity index is 705. The third-order valence-corrected chi connectivity index (χ3v) is 5.54. The van der Waals surface area contributed by atoms with Gasteiger partial charge in [0.05, 0.1) is 16.3 Å². The molecule has 0 amide bonds. The Balaban J connectivity index is 2.18. The molecule has 0 N–H and O–H groups in total. The molecular formula is C15H9Cl3N3P. The van der Waals surface area contributed by atoms with Crippen molar-refractivity contribution in [3.05, 3.63) is 70.1 Å². The summed E-state index contributed by atoms with van der Waals surface area (Å²) < 4.78 is 0. The molecular weight excluding hydrogens is 360 g/mol. The van der Waals surface area contributed by atoms with Gasteiger partial charge in [-0.2, -0.15) is 0 Å². The predicted octanol–water partition coefficient (Wildman–Crippen LogP) is 3.59. The Hall–Kier alpha value is -1.25. The average Bonchev–Trinajstić information content (AvgIpc) is 2.48. The highest BCUT2D eigenvalue weighted by atomic mass is 35.5. The summed E-state index contributed by atoms with van der Waals surface area (Å²) in [7, 11) is -1.08. The number of halogens is 3. The van der Waals surface area contributed by atoms with Gasteiger partial charge in [0.25, 0.3) is 0 Å². The first-order valence-corrected chi connectivity index (χ1v) is 8.79. The topological polar surface area (TPSA) is 38.7 Å². The molecule has 3 rings (SSSR count). The molecule has 0 fully saturated rings. The normalized spacial score (nSPS) is 10.9. The Morgan fingerprint density at radius 2 is 0.864 bits per heavy atom. The summed E-state index contributed by atoms with van der Waals surface area (Å²) in [5, 5.41) is 1.28. The van der Waals surface area contributed by atoms with Crippen molar-refractivity contribution in [3.8, 4) is 0 Å². The van der Waals surface area contributed by atoms with Crippen molar-refractivity contribution in [3.63, 3.8) is 0 Å². The van der Waals surface area contributed by atoms with Gasteiger partial charge in [0.15, 0.2) is 0 Å². The quantitative estimate of drug-likeness (QED) is 0.524. The van der Waals surface area contributed by atoms with Crippen LogP contribution in [0.5, 0.6) is 0 Å². The van der Waals surface area contributed by atoms with Crippen LogP contribution in [0.4, 0.5) is 0 Å². The summed E-state index contributed by atoms with van der Waals surface area (Å²) in [5.41, 5.74) is 2.39. The summed E-state index contributed by atoms with van der Waals surface area (Å²) in [6.45, 7) is 0. The van der Waals surface area contributed by atoms with Crippen LogP contribution in [0.25, 0.3) is 0 Å². The van der Waals surface area contributed by atoms with E-state index >= 15 is 0 Å². The Morgan fingerprint density at radius 3 is 1.14 bits per heavy atom. The Kier molecular flexibility index (Phi) is 4.90. The zero-order chi connectivity index (χ0) is 15.5. The molecule has 3 nitrogen and oxygen atoms in total. The first-order chi connectivity index (χ1) is 10.6. The van der Waals surface area contributed by atoms with Crippen LogP contribution in [0, 0.1) is 0 Å². The third-order valence-electron chi connectivity index (χ3n) is 2.79. The van der Waals surface area contributed by atoms with Gasteiger partial charge in [-0.25, -0.2) is 15.0 Å². The summed E-state index contributed by atoms with van der Waals surface area (Å²) in [5.74, 6) is 0. The van der Waals surface area contributed by atoms with Gasteiger partial charge in [-0.05, 0) is 36.4 Å². The lowest BCUT2D eigenvalue weighted by Gasteiger charge is -2.16. The number of hydrogen-bond donors (Lipinski definition) is 0. The molecule has 3 aromatic rings. The molecule has 110 valence electrons. The van der Waals surface area contributed by atoms with E-state index in [2.05, 4.69) is 15.0 Å². The molecule has 0 radical (unpaired) electrons. The lowest BCUT2D eigenvalue weighted by molar-refractivity contribution is 1.35. The minimum Gasteiger partial charge on any atom is -0.236 e. The second-order valence-corrected chi connectivity index (χ2v) is 7.50. The number of rotatable bonds is 3. The molecule has 0 bridgehead atoms. The van der Waals surface area contributed by atoms with Gasteiger partial charge < -0.3 is 0 Å². The smallest absolute Gasteiger partial charge is 0.129 e. The van der Waals surface area contributed by atoms with Crippen LogP contribution in [0.1, 0.15) is 0 Å². The molecule has 22 heavy (non-hydrogen) atoms. The van der Waals surface area contributed by atoms with Crippen molar-refractivity contribution >= 4 is 59.0 Å². The van der Waals surface area contributed by atoms with Gasteiger partial charge in [0.1, 0.15) is 15.5 Å². The molecule has 3 aromatic heterocycles. The van der Waals surface area contributed by atoms with Gasteiger partial charge in [-0.3, -0.25) is 0 Å². The van der Waals surface area contributed by atoms with E-state index in [1.165, 1.54) is 0 Å². The predicted molar refractivity (Wildman–Crippen MR) is 93.6 cm³/mol. The van der Waals surface area contributed by atoms with Crippen LogP contribution in [0.3, 0.4) is 0 Å². The van der Waals surface area contributed by atoms with Gasteiger partial charge in [0.2, 0.25) is 0 Å². The standard InChI is InChI=1S/C15H9Cl3N3P/c16-10-4-1-7-13(19-10)22(14-8-2-5-11(17)20-14)15-9-3-6-12(18)21-15/h1-9H. The van der Waals surface area contributed by atoms with Crippen LogP contribution >= 0.6 is 42.7 Å². The molecule has 0 saturated carbocycles. The molecule has 0 aromatic carbocycles. The van der Waals surface area contributed by atoms with Crippen LogP contribution in [-0.2, 0) is 0 Å². The highest BCUT2D eigenvalue weighted by Crippen LogP contribution is 2.31. The van der Waals surface area contributed by atoms with Gasteiger partial charge >= 0.3 is 0 Å². The monoisotopic (exact) mass is 367 g/mol. The van der Waals surface area contributed by atoms with Crippen molar-refractivity contribution in [2.75, 3.05) is 0 Å². The zero-order valence-electron chi connectivity index (χ0n) is 11.1. The lowest BCUT2D eigenvalue weighted by atomic mass is 10.5. The van der Waals surface area contributed by atoms with Crippen molar-refractivity contribution in [2.24, 2.45) is 0 Å². The minimum atomic E-state index is -1.08. The largest absolute Gasteiger partial charge is 0.236 e. The number of pyridine rings is 3. The molecule has 0 atom stereocenters. The van der Waals surface area contributed by atoms with E-state index < -0.39 is 7.92 Å². The number of hydrogen-bond acceptors (Lipinski definition) is 3. The fourth-order valence-corrected chi connectivity index (χ4v) is 4.62. The summed E-state index contributed by atoms with van der Waals surface area (Å²) in [4.78, 5) is 13.2. The summed E-state index contributed by atoms with van der Waals surface area (Å²) in [6, 6.07) is 16.5. The van der Waals surface area contributed by atoms with E-state index in [1.807, 2.05) is 36.4 Å². The van der Waals surface area contributed by atoms with E-state index in [0.29, 0.717) is 15.5 Å². The van der Waals surface area contributed by atoms with E-state index in [-0.39, 0.29) is 0 Å². The van der Waals surface area contributed by atoms with E-state index in [0.717, 1.165) is 16.3 Å². The van der Waals surface area contributed by atoms with Crippen LogP contribution < -0.4 is 16.3 Å². The minimum absolute atomic E-state index is 0.425. The summed E-state index contributed by atoms with van der Waals surface area (Å²) in [6.07, 6.45) is 0. The average molecular weight is 369 g/mol. The maximum atomic E-state index is 6.03. The fraction of sp³-hybridized carbons (Fsp3) is 0. The highest BCUT2D eigenvalue weighted by Gasteiger charge is 2.21. The van der Waals surface area contributed by atoms with E-state index in [9.17, 15) is 0 Å². The number of aromatic nitrogens is 3. The van der Waals surface area contributed by atoms with Crippen molar-refractivity contribution in [1.29, 1.82) is 0 Å².